The third-order valence-corrected chi connectivity index (χ3v) is 6.01. The SMILES string of the molecule is O=C(NCCc1cncs1)c1ccc2c(c1)NC(=O)c1ccc(F)cc1S2. The number of hydrogen-bond acceptors (Lipinski definition) is 5. The maximum absolute atomic E-state index is 13.5. The van der Waals surface area contributed by atoms with E-state index in [4.69, 9.17) is 0 Å². The highest BCUT2D eigenvalue weighted by Crippen LogP contribution is 2.39. The molecule has 2 aromatic carbocycles. The van der Waals surface area contributed by atoms with Crippen molar-refractivity contribution in [2.75, 3.05) is 11.9 Å². The van der Waals surface area contributed by atoms with Crippen molar-refractivity contribution in [2.45, 2.75) is 16.2 Å². The standard InChI is InChI=1S/C19H14FN3O2S2/c20-12-2-3-14-17(8-12)27-16-4-1-11(7-15(16)23-19(14)25)18(24)22-6-5-13-9-21-10-26-13/h1-4,7-10H,5-6H2,(H,22,24)(H,23,25). The van der Waals surface area contributed by atoms with Gasteiger partial charge in [-0.2, -0.15) is 0 Å². The topological polar surface area (TPSA) is 71.1 Å². The second-order valence-corrected chi connectivity index (χ2v) is 7.94. The van der Waals surface area contributed by atoms with Crippen LogP contribution in [-0.4, -0.2) is 23.3 Å². The number of thiazole rings is 1. The summed E-state index contributed by atoms with van der Waals surface area (Å²) in [6, 6.07) is 9.17. The predicted molar refractivity (Wildman–Crippen MR) is 103 cm³/mol. The van der Waals surface area contributed by atoms with Crippen LogP contribution in [0, 0.1) is 5.82 Å². The maximum Gasteiger partial charge on any atom is 0.256 e. The van der Waals surface area contributed by atoms with Crippen molar-refractivity contribution in [3.63, 3.8) is 0 Å². The van der Waals surface area contributed by atoms with E-state index in [0.717, 1.165) is 16.2 Å². The number of benzene rings is 2. The lowest BCUT2D eigenvalue weighted by Crippen LogP contribution is -2.25. The second kappa shape index (κ2) is 7.50. The van der Waals surface area contributed by atoms with Gasteiger partial charge in [-0.05, 0) is 36.4 Å². The number of hydrogen-bond donors (Lipinski definition) is 2. The fourth-order valence-electron chi connectivity index (χ4n) is 2.70. The Morgan fingerprint density at radius 3 is 2.89 bits per heavy atom. The van der Waals surface area contributed by atoms with Crippen LogP contribution in [0.3, 0.4) is 0 Å². The van der Waals surface area contributed by atoms with E-state index in [0.29, 0.717) is 28.3 Å². The first-order valence-corrected chi connectivity index (χ1v) is 9.88. The van der Waals surface area contributed by atoms with Crippen molar-refractivity contribution in [1.82, 2.24) is 10.3 Å². The van der Waals surface area contributed by atoms with E-state index in [1.54, 1.807) is 41.2 Å². The van der Waals surface area contributed by atoms with E-state index in [-0.39, 0.29) is 11.8 Å². The minimum atomic E-state index is -0.394. The van der Waals surface area contributed by atoms with Crippen LogP contribution in [0.25, 0.3) is 0 Å². The Morgan fingerprint density at radius 2 is 2.07 bits per heavy atom. The van der Waals surface area contributed by atoms with E-state index in [1.807, 2.05) is 0 Å². The quantitative estimate of drug-likeness (QED) is 0.696. The van der Waals surface area contributed by atoms with E-state index >= 15 is 0 Å². The molecule has 0 saturated carbocycles. The van der Waals surface area contributed by atoms with Gasteiger partial charge in [0, 0.05) is 39.4 Å². The molecular formula is C19H14FN3O2S2. The molecule has 1 aromatic heterocycles. The van der Waals surface area contributed by atoms with Gasteiger partial charge in [-0.1, -0.05) is 11.8 Å². The fraction of sp³-hybridized carbons (Fsp3) is 0.105. The van der Waals surface area contributed by atoms with E-state index in [2.05, 4.69) is 15.6 Å². The number of carbonyl (C=O) groups excluding carboxylic acids is 2. The number of nitrogens with zero attached hydrogens (tertiary/aromatic N) is 1. The van der Waals surface area contributed by atoms with Crippen LogP contribution >= 0.6 is 23.1 Å². The molecule has 8 heteroatoms. The number of nitrogens with one attached hydrogen (secondary N) is 2. The molecule has 2 N–H and O–H groups in total. The average Bonchev–Trinajstić information content (AvgIpc) is 3.11. The Labute approximate surface area is 163 Å². The molecule has 2 heterocycles. The highest BCUT2D eigenvalue weighted by atomic mass is 32.2. The van der Waals surface area contributed by atoms with Gasteiger partial charge >= 0.3 is 0 Å². The van der Waals surface area contributed by atoms with Gasteiger partial charge < -0.3 is 10.6 Å². The maximum atomic E-state index is 13.5. The van der Waals surface area contributed by atoms with Gasteiger partial charge in [-0.3, -0.25) is 14.6 Å². The van der Waals surface area contributed by atoms with Crippen LogP contribution in [0.1, 0.15) is 25.6 Å². The molecule has 0 unspecified atom stereocenters. The summed E-state index contributed by atoms with van der Waals surface area (Å²) < 4.78 is 13.5. The van der Waals surface area contributed by atoms with Gasteiger partial charge in [0.1, 0.15) is 5.82 Å². The lowest BCUT2D eigenvalue weighted by atomic mass is 10.1. The molecule has 136 valence electrons. The summed E-state index contributed by atoms with van der Waals surface area (Å²) in [5, 5.41) is 5.67. The molecule has 27 heavy (non-hydrogen) atoms. The number of anilines is 1. The molecule has 0 atom stereocenters. The molecule has 0 bridgehead atoms. The third-order valence-electron chi connectivity index (χ3n) is 4.04. The first-order chi connectivity index (χ1) is 13.1. The molecule has 0 fully saturated rings. The number of amides is 2. The Balaban J connectivity index is 1.51. The number of carbonyl (C=O) groups is 2. The van der Waals surface area contributed by atoms with Gasteiger partial charge in [0.05, 0.1) is 16.8 Å². The minimum Gasteiger partial charge on any atom is -0.352 e. The first-order valence-electron chi connectivity index (χ1n) is 8.18. The van der Waals surface area contributed by atoms with Crippen molar-refractivity contribution in [3.8, 4) is 0 Å². The van der Waals surface area contributed by atoms with Gasteiger partial charge in [-0.25, -0.2) is 4.39 Å². The molecular weight excluding hydrogens is 385 g/mol. The molecule has 0 radical (unpaired) electrons. The van der Waals surface area contributed by atoms with Crippen LogP contribution in [-0.2, 0) is 6.42 Å². The van der Waals surface area contributed by atoms with Gasteiger partial charge in [0.15, 0.2) is 0 Å². The summed E-state index contributed by atoms with van der Waals surface area (Å²) in [6.07, 6.45) is 2.50. The second-order valence-electron chi connectivity index (χ2n) is 5.88. The van der Waals surface area contributed by atoms with Crippen molar-refractivity contribution < 1.29 is 14.0 Å². The summed E-state index contributed by atoms with van der Waals surface area (Å²) >= 11 is 2.84. The lowest BCUT2D eigenvalue weighted by Gasteiger charge is -2.09. The van der Waals surface area contributed by atoms with Crippen molar-refractivity contribution in [1.29, 1.82) is 0 Å². The highest BCUT2D eigenvalue weighted by molar-refractivity contribution is 7.99. The zero-order chi connectivity index (χ0) is 18.8. The van der Waals surface area contributed by atoms with Crippen molar-refractivity contribution >= 4 is 40.6 Å². The Hall–Kier alpha value is -2.71. The lowest BCUT2D eigenvalue weighted by molar-refractivity contribution is 0.0952. The minimum absolute atomic E-state index is 0.214. The Morgan fingerprint density at radius 1 is 1.19 bits per heavy atom. The number of fused-ring (bicyclic) bond motifs is 2. The average molecular weight is 399 g/mol. The summed E-state index contributed by atoms with van der Waals surface area (Å²) in [7, 11) is 0. The molecule has 5 nitrogen and oxygen atoms in total. The summed E-state index contributed by atoms with van der Waals surface area (Å²) in [5.41, 5.74) is 3.16. The number of halogens is 1. The summed E-state index contributed by atoms with van der Waals surface area (Å²) in [5.74, 6) is -0.928. The zero-order valence-corrected chi connectivity index (χ0v) is 15.6. The van der Waals surface area contributed by atoms with Crippen LogP contribution in [0.5, 0.6) is 0 Å². The Bertz CT molecular complexity index is 1020. The molecule has 4 rings (SSSR count). The van der Waals surface area contributed by atoms with E-state index < -0.39 is 5.82 Å². The van der Waals surface area contributed by atoms with Crippen molar-refractivity contribution in [3.05, 3.63) is 69.9 Å². The molecule has 0 saturated heterocycles. The van der Waals surface area contributed by atoms with Crippen LogP contribution in [0.4, 0.5) is 10.1 Å². The smallest absolute Gasteiger partial charge is 0.256 e. The van der Waals surface area contributed by atoms with E-state index in [9.17, 15) is 14.0 Å². The summed E-state index contributed by atoms with van der Waals surface area (Å²) in [4.78, 5) is 31.2. The van der Waals surface area contributed by atoms with Crippen molar-refractivity contribution in [2.24, 2.45) is 0 Å². The zero-order valence-electron chi connectivity index (χ0n) is 14.0. The third kappa shape index (κ3) is 3.86. The van der Waals surface area contributed by atoms with Crippen LogP contribution in [0.15, 0.2) is 57.9 Å². The summed E-state index contributed by atoms with van der Waals surface area (Å²) in [6.45, 7) is 0.504. The molecule has 0 spiro atoms. The normalized spacial score (nSPS) is 12.6. The fourth-order valence-corrected chi connectivity index (χ4v) is 4.33. The molecule has 1 aliphatic rings. The Kier molecular flexibility index (Phi) is 4.91. The monoisotopic (exact) mass is 399 g/mol. The van der Waals surface area contributed by atoms with Crippen LogP contribution < -0.4 is 10.6 Å². The largest absolute Gasteiger partial charge is 0.352 e. The van der Waals surface area contributed by atoms with Gasteiger partial charge in [-0.15, -0.1) is 11.3 Å². The highest BCUT2D eigenvalue weighted by Gasteiger charge is 2.21. The van der Waals surface area contributed by atoms with Crippen LogP contribution in [0.2, 0.25) is 0 Å². The van der Waals surface area contributed by atoms with E-state index in [1.165, 1.54) is 30.0 Å². The molecule has 2 amide bonds. The number of rotatable bonds is 4. The molecule has 0 aliphatic carbocycles. The predicted octanol–water partition coefficient (Wildman–Crippen LogP) is 3.97. The first kappa shape index (κ1) is 17.7. The molecule has 3 aromatic rings. The van der Waals surface area contributed by atoms with Gasteiger partial charge in [0.25, 0.3) is 11.8 Å². The van der Waals surface area contributed by atoms with Gasteiger partial charge in [0.2, 0.25) is 0 Å². The molecule has 1 aliphatic heterocycles. The number of aromatic nitrogens is 1.